The summed E-state index contributed by atoms with van der Waals surface area (Å²) >= 11 is 0. The molecule has 7 nitrogen and oxygen atoms in total. The molecule has 0 radical (unpaired) electrons. The van der Waals surface area contributed by atoms with E-state index in [4.69, 9.17) is 0 Å². The molecule has 0 bridgehead atoms. The smallest absolute Gasteiger partial charge is 0.264 e. The first-order valence-electron chi connectivity index (χ1n) is 8.36. The van der Waals surface area contributed by atoms with Gasteiger partial charge in [-0.3, -0.25) is 4.79 Å². The molecule has 0 fully saturated rings. The number of carbonyl (C=O) groups excluding carboxylic acids is 1. The highest BCUT2D eigenvalue weighted by molar-refractivity contribution is 7.92. The quantitative estimate of drug-likeness (QED) is 0.814. The molecular weight excluding hydrogens is 352 g/mol. The van der Waals surface area contributed by atoms with Gasteiger partial charge in [-0.25, -0.2) is 23.1 Å². The van der Waals surface area contributed by atoms with Crippen molar-refractivity contribution in [2.45, 2.75) is 31.6 Å². The molecule has 0 saturated heterocycles. The van der Waals surface area contributed by atoms with Gasteiger partial charge >= 0.3 is 0 Å². The van der Waals surface area contributed by atoms with Crippen LogP contribution in [0.1, 0.15) is 25.8 Å². The molecule has 1 amide bonds. The van der Waals surface area contributed by atoms with Crippen LogP contribution in [-0.4, -0.2) is 30.8 Å². The Bertz CT molecular complexity index is 956. The highest BCUT2D eigenvalue weighted by Gasteiger charge is 2.28. The molecule has 1 N–H and O–H groups in total. The van der Waals surface area contributed by atoms with Gasteiger partial charge in [-0.2, -0.15) is 0 Å². The van der Waals surface area contributed by atoms with Gasteiger partial charge in [0.25, 0.3) is 15.9 Å². The molecule has 0 saturated carbocycles. The summed E-state index contributed by atoms with van der Waals surface area (Å²) in [4.78, 5) is 22.2. The molecule has 26 heavy (non-hydrogen) atoms. The SMILES string of the molecule is C/C=C(\CC)C(=O)N1CCc2cc(S(=O)(=O)Nc3ncccn3)ccc21. The van der Waals surface area contributed by atoms with Crippen molar-refractivity contribution in [1.82, 2.24) is 9.97 Å². The number of carbonyl (C=O) groups is 1. The molecule has 136 valence electrons. The van der Waals surface area contributed by atoms with Crippen LogP contribution in [0.3, 0.4) is 0 Å². The number of anilines is 2. The van der Waals surface area contributed by atoms with Crippen molar-refractivity contribution in [1.29, 1.82) is 0 Å². The molecule has 0 atom stereocenters. The van der Waals surface area contributed by atoms with E-state index in [1.54, 1.807) is 23.1 Å². The van der Waals surface area contributed by atoms with Crippen LogP contribution in [0.15, 0.2) is 53.2 Å². The van der Waals surface area contributed by atoms with Crippen molar-refractivity contribution in [2.24, 2.45) is 0 Å². The second-order valence-electron chi connectivity index (χ2n) is 5.84. The number of benzene rings is 1. The van der Waals surface area contributed by atoms with Gasteiger partial charge in [0.2, 0.25) is 5.95 Å². The summed E-state index contributed by atoms with van der Waals surface area (Å²) in [6.45, 7) is 4.34. The van der Waals surface area contributed by atoms with Crippen LogP contribution in [0.2, 0.25) is 0 Å². The van der Waals surface area contributed by atoms with Gasteiger partial charge in [0.05, 0.1) is 4.90 Å². The van der Waals surface area contributed by atoms with Gasteiger partial charge in [-0.05, 0) is 49.6 Å². The standard InChI is InChI=1S/C18H20N4O3S/c1-3-13(4-2)17(23)22-11-8-14-12-15(6-7-16(14)22)26(24,25)21-18-19-9-5-10-20-18/h3,5-7,9-10,12H,4,8,11H2,1-2H3,(H,19,20,21)/b13-3+. The third-order valence-electron chi connectivity index (χ3n) is 4.30. The van der Waals surface area contributed by atoms with Gasteiger partial charge in [-0.1, -0.05) is 13.0 Å². The van der Waals surface area contributed by atoms with Crippen molar-refractivity contribution < 1.29 is 13.2 Å². The first-order chi connectivity index (χ1) is 12.5. The minimum Gasteiger partial charge on any atom is -0.308 e. The lowest BCUT2D eigenvalue weighted by Crippen LogP contribution is -2.30. The van der Waals surface area contributed by atoms with Crippen LogP contribution in [0.5, 0.6) is 0 Å². The molecular formula is C18H20N4O3S. The van der Waals surface area contributed by atoms with Crippen LogP contribution >= 0.6 is 0 Å². The zero-order valence-electron chi connectivity index (χ0n) is 14.6. The molecule has 2 heterocycles. The zero-order chi connectivity index (χ0) is 18.7. The maximum absolute atomic E-state index is 12.6. The van der Waals surface area contributed by atoms with Crippen molar-refractivity contribution in [3.8, 4) is 0 Å². The van der Waals surface area contributed by atoms with E-state index in [0.29, 0.717) is 19.4 Å². The van der Waals surface area contributed by atoms with E-state index in [0.717, 1.165) is 16.8 Å². The lowest BCUT2D eigenvalue weighted by molar-refractivity contribution is -0.115. The molecule has 8 heteroatoms. The van der Waals surface area contributed by atoms with E-state index in [2.05, 4.69) is 14.7 Å². The third kappa shape index (κ3) is 3.45. The number of hydrogen-bond acceptors (Lipinski definition) is 5. The molecule has 0 spiro atoms. The Labute approximate surface area is 152 Å². The van der Waals surface area contributed by atoms with E-state index in [-0.39, 0.29) is 16.8 Å². The van der Waals surface area contributed by atoms with Crippen LogP contribution in [-0.2, 0) is 21.2 Å². The number of aromatic nitrogens is 2. The van der Waals surface area contributed by atoms with E-state index < -0.39 is 10.0 Å². The van der Waals surface area contributed by atoms with E-state index in [9.17, 15) is 13.2 Å². The van der Waals surface area contributed by atoms with Gasteiger partial charge in [0.15, 0.2) is 0 Å². The summed E-state index contributed by atoms with van der Waals surface area (Å²) < 4.78 is 27.4. The van der Waals surface area contributed by atoms with Crippen LogP contribution in [0, 0.1) is 0 Å². The molecule has 2 aromatic rings. The van der Waals surface area contributed by atoms with Gasteiger partial charge in [-0.15, -0.1) is 0 Å². The number of allylic oxidation sites excluding steroid dienone is 1. The second-order valence-corrected chi connectivity index (χ2v) is 7.53. The Morgan fingerprint density at radius 1 is 1.31 bits per heavy atom. The summed E-state index contributed by atoms with van der Waals surface area (Å²) in [5.41, 5.74) is 2.34. The van der Waals surface area contributed by atoms with Crippen molar-refractivity contribution >= 4 is 27.6 Å². The van der Waals surface area contributed by atoms with E-state index in [1.807, 2.05) is 19.9 Å². The van der Waals surface area contributed by atoms with Crippen molar-refractivity contribution in [3.63, 3.8) is 0 Å². The third-order valence-corrected chi connectivity index (χ3v) is 5.62. The average Bonchev–Trinajstić information content (AvgIpc) is 3.06. The molecule has 1 aromatic carbocycles. The highest BCUT2D eigenvalue weighted by atomic mass is 32.2. The Morgan fingerprint density at radius 3 is 2.69 bits per heavy atom. The molecule has 0 unspecified atom stereocenters. The molecule has 1 aliphatic heterocycles. The van der Waals surface area contributed by atoms with E-state index >= 15 is 0 Å². The zero-order valence-corrected chi connectivity index (χ0v) is 15.5. The topological polar surface area (TPSA) is 92.3 Å². The second kappa shape index (κ2) is 7.25. The Hall–Kier alpha value is -2.74. The minimum atomic E-state index is -3.79. The van der Waals surface area contributed by atoms with Crippen molar-refractivity contribution in [2.75, 3.05) is 16.2 Å². The minimum absolute atomic E-state index is 0.0190. The Kier molecular flexibility index (Phi) is 5.03. The van der Waals surface area contributed by atoms with Gasteiger partial charge < -0.3 is 4.90 Å². The molecule has 3 rings (SSSR count). The average molecular weight is 372 g/mol. The van der Waals surface area contributed by atoms with Gasteiger partial charge in [0.1, 0.15) is 0 Å². The van der Waals surface area contributed by atoms with E-state index in [1.165, 1.54) is 18.5 Å². The number of rotatable bonds is 5. The predicted octanol–water partition coefficient (Wildman–Crippen LogP) is 2.52. The summed E-state index contributed by atoms with van der Waals surface area (Å²) in [5, 5.41) is 0. The number of fused-ring (bicyclic) bond motifs is 1. The Balaban J connectivity index is 1.87. The Morgan fingerprint density at radius 2 is 2.04 bits per heavy atom. The maximum Gasteiger partial charge on any atom is 0.264 e. The summed E-state index contributed by atoms with van der Waals surface area (Å²) in [5.74, 6) is -0.00867. The molecule has 0 aliphatic carbocycles. The number of sulfonamides is 1. The highest BCUT2D eigenvalue weighted by Crippen LogP contribution is 2.31. The van der Waals surface area contributed by atoms with Crippen LogP contribution < -0.4 is 9.62 Å². The van der Waals surface area contributed by atoms with Crippen LogP contribution in [0.4, 0.5) is 11.6 Å². The normalized spacial score (nSPS) is 14.2. The number of hydrogen-bond donors (Lipinski definition) is 1. The summed E-state index contributed by atoms with van der Waals surface area (Å²) in [6, 6.07) is 6.39. The fraction of sp³-hybridized carbons (Fsp3) is 0.278. The van der Waals surface area contributed by atoms with Gasteiger partial charge in [0, 0.05) is 30.2 Å². The number of nitrogens with one attached hydrogen (secondary N) is 1. The summed E-state index contributed by atoms with van der Waals surface area (Å²) in [7, 11) is -3.79. The lowest BCUT2D eigenvalue weighted by atomic mass is 10.1. The first kappa shape index (κ1) is 18.1. The lowest BCUT2D eigenvalue weighted by Gasteiger charge is -2.19. The largest absolute Gasteiger partial charge is 0.308 e. The predicted molar refractivity (Wildman–Crippen MR) is 99.4 cm³/mol. The fourth-order valence-electron chi connectivity index (χ4n) is 2.94. The van der Waals surface area contributed by atoms with Crippen molar-refractivity contribution in [3.05, 3.63) is 53.9 Å². The number of amides is 1. The molecule has 1 aromatic heterocycles. The maximum atomic E-state index is 12.6. The first-order valence-corrected chi connectivity index (χ1v) is 9.84. The summed E-state index contributed by atoms with van der Waals surface area (Å²) in [6.07, 6.45) is 6.03. The monoisotopic (exact) mass is 372 g/mol. The molecule has 1 aliphatic rings. The number of nitrogens with zero attached hydrogens (tertiary/aromatic N) is 3. The van der Waals surface area contributed by atoms with Crippen LogP contribution in [0.25, 0.3) is 0 Å². The fourth-order valence-corrected chi connectivity index (χ4v) is 3.95.